The quantitative estimate of drug-likeness (QED) is 0.759. The van der Waals surface area contributed by atoms with E-state index in [2.05, 4.69) is 18.7 Å². The van der Waals surface area contributed by atoms with Gasteiger partial charge in [-0.2, -0.15) is 0 Å². The van der Waals surface area contributed by atoms with Crippen molar-refractivity contribution in [2.75, 3.05) is 31.1 Å². The molecule has 0 spiro atoms. The molecule has 1 atom stereocenters. The van der Waals surface area contributed by atoms with E-state index in [1.807, 2.05) is 29.2 Å². The Balaban J connectivity index is 1.46. The van der Waals surface area contributed by atoms with E-state index < -0.39 is 6.04 Å². The van der Waals surface area contributed by atoms with Crippen molar-refractivity contribution < 1.29 is 14.0 Å². The molecule has 2 heterocycles. The SMILES string of the molecule is CC(C)C[C@@H](C(=O)N1CCN(c2ccc(F)cc2)CC1)N1Cc2ccccc2C1=O. The van der Waals surface area contributed by atoms with Crippen LogP contribution in [0.2, 0.25) is 0 Å². The van der Waals surface area contributed by atoms with Crippen LogP contribution in [0, 0.1) is 11.7 Å². The number of nitrogens with zero attached hydrogens (tertiary/aromatic N) is 3. The van der Waals surface area contributed by atoms with E-state index >= 15 is 0 Å². The Morgan fingerprint density at radius 3 is 2.30 bits per heavy atom. The first-order valence-corrected chi connectivity index (χ1v) is 10.6. The van der Waals surface area contributed by atoms with Gasteiger partial charge in [0.1, 0.15) is 11.9 Å². The summed E-state index contributed by atoms with van der Waals surface area (Å²) in [6.45, 7) is 7.24. The second-order valence-electron chi connectivity index (χ2n) is 8.52. The van der Waals surface area contributed by atoms with Crippen molar-refractivity contribution in [2.45, 2.75) is 32.9 Å². The molecule has 0 radical (unpaired) electrons. The molecule has 1 saturated heterocycles. The molecular formula is C24H28FN3O2. The second-order valence-corrected chi connectivity index (χ2v) is 8.52. The minimum Gasteiger partial charge on any atom is -0.368 e. The van der Waals surface area contributed by atoms with Crippen LogP contribution in [0.25, 0.3) is 0 Å². The molecular weight excluding hydrogens is 381 g/mol. The predicted octanol–water partition coefficient (Wildman–Crippen LogP) is 3.55. The van der Waals surface area contributed by atoms with Gasteiger partial charge in [-0.25, -0.2) is 4.39 Å². The van der Waals surface area contributed by atoms with E-state index in [1.165, 1.54) is 12.1 Å². The Morgan fingerprint density at radius 1 is 1.00 bits per heavy atom. The Labute approximate surface area is 177 Å². The van der Waals surface area contributed by atoms with Crippen LogP contribution >= 0.6 is 0 Å². The van der Waals surface area contributed by atoms with Crippen LogP contribution < -0.4 is 4.90 Å². The summed E-state index contributed by atoms with van der Waals surface area (Å²) < 4.78 is 13.2. The molecule has 0 unspecified atom stereocenters. The van der Waals surface area contributed by atoms with Crippen molar-refractivity contribution in [1.82, 2.24) is 9.80 Å². The zero-order chi connectivity index (χ0) is 21.3. The molecule has 2 aromatic carbocycles. The lowest BCUT2D eigenvalue weighted by Gasteiger charge is -2.39. The molecule has 0 saturated carbocycles. The van der Waals surface area contributed by atoms with Crippen LogP contribution in [0.15, 0.2) is 48.5 Å². The van der Waals surface area contributed by atoms with Crippen LogP contribution in [-0.2, 0) is 11.3 Å². The topological polar surface area (TPSA) is 43.9 Å². The van der Waals surface area contributed by atoms with Crippen LogP contribution in [0.1, 0.15) is 36.2 Å². The molecule has 0 bridgehead atoms. The van der Waals surface area contributed by atoms with Gasteiger partial charge >= 0.3 is 0 Å². The van der Waals surface area contributed by atoms with Crippen LogP contribution in [-0.4, -0.2) is 53.8 Å². The van der Waals surface area contributed by atoms with Gasteiger partial charge in [-0.3, -0.25) is 9.59 Å². The van der Waals surface area contributed by atoms with Crippen molar-refractivity contribution in [2.24, 2.45) is 5.92 Å². The highest BCUT2D eigenvalue weighted by molar-refractivity contribution is 6.01. The lowest BCUT2D eigenvalue weighted by atomic mass is 10.0. The number of carbonyl (C=O) groups excluding carboxylic acids is 2. The average molecular weight is 410 g/mol. The molecule has 5 nitrogen and oxygen atoms in total. The minimum atomic E-state index is -0.442. The first kappa shape index (κ1) is 20.4. The van der Waals surface area contributed by atoms with Crippen molar-refractivity contribution in [3.63, 3.8) is 0 Å². The molecule has 2 aromatic rings. The summed E-state index contributed by atoms with van der Waals surface area (Å²) in [5.74, 6) is 0.0366. The molecule has 30 heavy (non-hydrogen) atoms. The maximum absolute atomic E-state index is 13.5. The van der Waals surface area contributed by atoms with Crippen LogP contribution in [0.5, 0.6) is 0 Å². The number of hydrogen-bond donors (Lipinski definition) is 0. The van der Waals surface area contributed by atoms with Gasteiger partial charge in [0, 0.05) is 44.0 Å². The second kappa shape index (κ2) is 8.46. The summed E-state index contributed by atoms with van der Waals surface area (Å²) in [6, 6.07) is 13.6. The Kier molecular flexibility index (Phi) is 5.75. The molecule has 1 fully saturated rings. The van der Waals surface area contributed by atoms with Gasteiger partial charge in [0.2, 0.25) is 5.91 Å². The Morgan fingerprint density at radius 2 is 1.67 bits per heavy atom. The number of fused-ring (bicyclic) bond motifs is 1. The van der Waals surface area contributed by atoms with E-state index in [0.29, 0.717) is 50.6 Å². The first-order valence-electron chi connectivity index (χ1n) is 10.6. The van der Waals surface area contributed by atoms with Gasteiger partial charge in [-0.1, -0.05) is 32.0 Å². The third kappa shape index (κ3) is 4.04. The molecule has 0 aromatic heterocycles. The predicted molar refractivity (Wildman–Crippen MR) is 115 cm³/mol. The third-order valence-corrected chi connectivity index (χ3v) is 5.99. The van der Waals surface area contributed by atoms with Gasteiger partial charge in [0.05, 0.1) is 0 Å². The summed E-state index contributed by atoms with van der Waals surface area (Å²) in [7, 11) is 0. The molecule has 0 N–H and O–H groups in total. The van der Waals surface area contributed by atoms with Gasteiger partial charge in [0.25, 0.3) is 5.91 Å². The standard InChI is InChI=1S/C24H28FN3O2/c1-17(2)15-22(28-16-18-5-3-4-6-21(18)23(28)29)24(30)27-13-11-26(12-14-27)20-9-7-19(25)8-10-20/h3-10,17,22H,11-16H2,1-2H3/t22-/m0/s1. The molecule has 2 aliphatic rings. The maximum atomic E-state index is 13.5. The van der Waals surface area contributed by atoms with Gasteiger partial charge in [0.15, 0.2) is 0 Å². The smallest absolute Gasteiger partial charge is 0.255 e. The third-order valence-electron chi connectivity index (χ3n) is 5.99. The Bertz CT molecular complexity index is 920. The van der Waals surface area contributed by atoms with E-state index in [1.54, 1.807) is 17.0 Å². The maximum Gasteiger partial charge on any atom is 0.255 e. The molecule has 158 valence electrons. The number of anilines is 1. The molecule has 4 rings (SSSR count). The van der Waals surface area contributed by atoms with Crippen molar-refractivity contribution in [3.05, 3.63) is 65.5 Å². The highest BCUT2D eigenvalue weighted by Gasteiger charge is 2.38. The summed E-state index contributed by atoms with van der Waals surface area (Å²) in [6.07, 6.45) is 0.650. The summed E-state index contributed by atoms with van der Waals surface area (Å²) in [5.41, 5.74) is 2.66. The van der Waals surface area contributed by atoms with Crippen LogP contribution in [0.3, 0.4) is 0 Å². The highest BCUT2D eigenvalue weighted by Crippen LogP contribution is 2.28. The number of hydrogen-bond acceptors (Lipinski definition) is 3. The minimum absolute atomic E-state index is 0.0311. The number of amides is 2. The summed E-state index contributed by atoms with van der Waals surface area (Å²) in [4.78, 5) is 32.2. The zero-order valence-electron chi connectivity index (χ0n) is 17.6. The largest absolute Gasteiger partial charge is 0.368 e. The molecule has 2 amide bonds. The number of carbonyl (C=O) groups is 2. The highest BCUT2D eigenvalue weighted by atomic mass is 19.1. The normalized spacial score (nSPS) is 17.5. The fourth-order valence-corrected chi connectivity index (χ4v) is 4.38. The van der Waals surface area contributed by atoms with Crippen molar-refractivity contribution >= 4 is 17.5 Å². The number of benzene rings is 2. The van der Waals surface area contributed by atoms with E-state index in [0.717, 1.165) is 11.3 Å². The number of piperazine rings is 1. The lowest BCUT2D eigenvalue weighted by molar-refractivity contribution is -0.137. The average Bonchev–Trinajstić information content (AvgIpc) is 3.09. The van der Waals surface area contributed by atoms with E-state index in [9.17, 15) is 14.0 Å². The van der Waals surface area contributed by atoms with Gasteiger partial charge in [-0.15, -0.1) is 0 Å². The first-order chi connectivity index (χ1) is 14.4. The molecule has 6 heteroatoms. The van der Waals surface area contributed by atoms with Gasteiger partial charge < -0.3 is 14.7 Å². The van der Waals surface area contributed by atoms with Crippen molar-refractivity contribution in [3.8, 4) is 0 Å². The monoisotopic (exact) mass is 409 g/mol. The fourth-order valence-electron chi connectivity index (χ4n) is 4.38. The number of rotatable bonds is 5. The van der Waals surface area contributed by atoms with E-state index in [4.69, 9.17) is 0 Å². The Hall–Kier alpha value is -2.89. The molecule has 2 aliphatic heterocycles. The molecule has 0 aliphatic carbocycles. The van der Waals surface area contributed by atoms with Gasteiger partial charge in [-0.05, 0) is 48.2 Å². The van der Waals surface area contributed by atoms with Crippen molar-refractivity contribution in [1.29, 1.82) is 0 Å². The van der Waals surface area contributed by atoms with Crippen LogP contribution in [0.4, 0.5) is 10.1 Å². The summed E-state index contributed by atoms with van der Waals surface area (Å²) in [5, 5.41) is 0. The number of halogens is 1. The zero-order valence-corrected chi connectivity index (χ0v) is 17.6. The van der Waals surface area contributed by atoms with E-state index in [-0.39, 0.29) is 17.6 Å². The fraction of sp³-hybridized carbons (Fsp3) is 0.417. The lowest BCUT2D eigenvalue weighted by Crippen LogP contribution is -2.55. The summed E-state index contributed by atoms with van der Waals surface area (Å²) >= 11 is 0.